The zero-order valence-electron chi connectivity index (χ0n) is 15.5. The molecule has 8 nitrogen and oxygen atoms in total. The molecule has 0 aliphatic carbocycles. The van der Waals surface area contributed by atoms with Crippen molar-refractivity contribution in [2.24, 2.45) is 7.05 Å². The van der Waals surface area contributed by atoms with E-state index < -0.39 is 0 Å². The SMILES string of the molecule is Cn1c(SCC(=O)Nc2ccccc2Cl)nnc1-c1nc(-c2ccc(F)cc2)no1. The second kappa shape index (κ2) is 8.64. The van der Waals surface area contributed by atoms with Gasteiger partial charge in [-0.1, -0.05) is 40.7 Å². The van der Waals surface area contributed by atoms with Gasteiger partial charge in [0.25, 0.3) is 5.89 Å². The van der Waals surface area contributed by atoms with Crippen molar-refractivity contribution in [2.75, 3.05) is 11.1 Å². The van der Waals surface area contributed by atoms with Crippen LogP contribution in [0.2, 0.25) is 5.02 Å². The molecule has 0 saturated carbocycles. The van der Waals surface area contributed by atoms with Crippen LogP contribution in [0, 0.1) is 5.82 Å². The third kappa shape index (κ3) is 4.34. The highest BCUT2D eigenvalue weighted by Gasteiger charge is 2.19. The summed E-state index contributed by atoms with van der Waals surface area (Å²) in [5.41, 5.74) is 1.15. The topological polar surface area (TPSA) is 98.7 Å². The van der Waals surface area contributed by atoms with Gasteiger partial charge in [0.2, 0.25) is 17.6 Å². The number of aromatic nitrogens is 5. The Bertz CT molecular complexity index is 1190. The summed E-state index contributed by atoms with van der Waals surface area (Å²) in [4.78, 5) is 16.5. The fourth-order valence-electron chi connectivity index (χ4n) is 2.54. The van der Waals surface area contributed by atoms with Crippen LogP contribution < -0.4 is 5.32 Å². The summed E-state index contributed by atoms with van der Waals surface area (Å²) < 4.78 is 20.0. The Morgan fingerprint density at radius 2 is 1.97 bits per heavy atom. The molecule has 152 valence electrons. The third-order valence-corrected chi connectivity index (χ3v) is 5.38. The van der Waals surface area contributed by atoms with Crippen LogP contribution >= 0.6 is 23.4 Å². The van der Waals surface area contributed by atoms with Gasteiger partial charge in [-0.2, -0.15) is 4.98 Å². The number of thioether (sulfide) groups is 1. The zero-order chi connectivity index (χ0) is 21.1. The molecular weight excluding hydrogens is 431 g/mol. The first kappa shape index (κ1) is 20.0. The third-order valence-electron chi connectivity index (χ3n) is 4.03. The van der Waals surface area contributed by atoms with Crippen molar-refractivity contribution < 1.29 is 13.7 Å². The number of para-hydroxylation sites is 1. The lowest BCUT2D eigenvalue weighted by Crippen LogP contribution is -2.14. The van der Waals surface area contributed by atoms with Crippen molar-refractivity contribution >= 4 is 35.0 Å². The van der Waals surface area contributed by atoms with E-state index in [0.717, 1.165) is 0 Å². The Morgan fingerprint density at radius 3 is 2.73 bits per heavy atom. The molecule has 0 bridgehead atoms. The Morgan fingerprint density at radius 1 is 1.20 bits per heavy atom. The molecular formula is C19H14ClFN6O2S. The number of rotatable bonds is 6. The molecule has 11 heteroatoms. The van der Waals surface area contributed by atoms with Gasteiger partial charge < -0.3 is 14.4 Å². The maximum atomic E-state index is 13.1. The number of amides is 1. The highest BCUT2D eigenvalue weighted by atomic mass is 35.5. The van der Waals surface area contributed by atoms with E-state index in [0.29, 0.717) is 33.1 Å². The van der Waals surface area contributed by atoms with Gasteiger partial charge in [0, 0.05) is 12.6 Å². The van der Waals surface area contributed by atoms with E-state index in [1.807, 2.05) is 0 Å². The van der Waals surface area contributed by atoms with Crippen molar-refractivity contribution in [3.8, 4) is 23.1 Å². The normalized spacial score (nSPS) is 10.9. The van der Waals surface area contributed by atoms with Gasteiger partial charge in [-0.15, -0.1) is 10.2 Å². The van der Waals surface area contributed by atoms with E-state index in [4.69, 9.17) is 16.1 Å². The van der Waals surface area contributed by atoms with Crippen molar-refractivity contribution in [1.82, 2.24) is 24.9 Å². The maximum Gasteiger partial charge on any atom is 0.296 e. The smallest absolute Gasteiger partial charge is 0.296 e. The number of halogens is 2. The minimum atomic E-state index is -0.351. The standard InChI is InChI=1S/C19H14ClFN6O2S/c1-27-17(18-23-16(26-29-18)11-6-8-12(21)9-7-11)24-25-19(27)30-10-15(28)22-14-5-3-2-4-13(14)20/h2-9H,10H2,1H3,(H,22,28). The summed E-state index contributed by atoms with van der Waals surface area (Å²) in [6, 6.07) is 12.7. The number of hydrogen-bond donors (Lipinski definition) is 1. The van der Waals surface area contributed by atoms with Gasteiger partial charge in [-0.3, -0.25) is 4.79 Å². The molecule has 2 aromatic heterocycles. The molecule has 0 unspecified atom stereocenters. The van der Waals surface area contributed by atoms with Crippen LogP contribution in [0.4, 0.5) is 10.1 Å². The number of anilines is 1. The number of benzene rings is 2. The van der Waals surface area contributed by atoms with Gasteiger partial charge in [0.05, 0.1) is 16.5 Å². The monoisotopic (exact) mass is 444 g/mol. The predicted octanol–water partition coefficient (Wildman–Crippen LogP) is 4.06. The Balaban J connectivity index is 1.43. The molecule has 0 aliphatic rings. The number of nitrogens with one attached hydrogen (secondary N) is 1. The number of carbonyl (C=O) groups excluding carboxylic acids is 1. The first-order valence-corrected chi connectivity index (χ1v) is 10.0. The first-order valence-electron chi connectivity index (χ1n) is 8.68. The molecule has 30 heavy (non-hydrogen) atoms. The molecule has 0 saturated heterocycles. The van der Waals surface area contributed by atoms with Gasteiger partial charge in [-0.25, -0.2) is 4.39 Å². The zero-order valence-corrected chi connectivity index (χ0v) is 17.1. The molecule has 0 radical (unpaired) electrons. The van der Waals surface area contributed by atoms with Crippen LogP contribution in [0.5, 0.6) is 0 Å². The summed E-state index contributed by atoms with van der Waals surface area (Å²) in [6.07, 6.45) is 0. The summed E-state index contributed by atoms with van der Waals surface area (Å²) in [7, 11) is 1.73. The largest absolute Gasteiger partial charge is 0.330 e. The lowest BCUT2D eigenvalue weighted by Gasteiger charge is -2.06. The molecule has 2 heterocycles. The molecule has 0 atom stereocenters. The van der Waals surface area contributed by atoms with Gasteiger partial charge >= 0.3 is 0 Å². The number of hydrogen-bond acceptors (Lipinski definition) is 7. The highest BCUT2D eigenvalue weighted by molar-refractivity contribution is 7.99. The summed E-state index contributed by atoms with van der Waals surface area (Å²) >= 11 is 7.25. The Kier molecular flexibility index (Phi) is 5.77. The van der Waals surface area contributed by atoms with Crippen molar-refractivity contribution in [3.63, 3.8) is 0 Å². The van der Waals surface area contributed by atoms with Crippen molar-refractivity contribution in [3.05, 3.63) is 59.4 Å². The lowest BCUT2D eigenvalue weighted by atomic mass is 10.2. The predicted molar refractivity (Wildman–Crippen MR) is 110 cm³/mol. The fourth-order valence-corrected chi connectivity index (χ4v) is 3.43. The van der Waals surface area contributed by atoms with E-state index in [1.165, 1.54) is 23.9 Å². The van der Waals surface area contributed by atoms with E-state index in [-0.39, 0.29) is 23.4 Å². The van der Waals surface area contributed by atoms with E-state index in [9.17, 15) is 9.18 Å². The second-order valence-electron chi connectivity index (χ2n) is 6.11. The van der Waals surface area contributed by atoms with Crippen LogP contribution in [-0.2, 0) is 11.8 Å². The number of carbonyl (C=O) groups is 1. The molecule has 0 aliphatic heterocycles. The highest BCUT2D eigenvalue weighted by Crippen LogP contribution is 2.25. The van der Waals surface area contributed by atoms with Gasteiger partial charge in [0.1, 0.15) is 5.82 Å². The minimum absolute atomic E-state index is 0.113. The molecule has 1 amide bonds. The molecule has 0 fully saturated rings. The summed E-state index contributed by atoms with van der Waals surface area (Å²) in [5, 5.41) is 15.8. The van der Waals surface area contributed by atoms with Crippen LogP contribution in [0.1, 0.15) is 0 Å². The average molecular weight is 445 g/mol. The summed E-state index contributed by atoms with van der Waals surface area (Å²) in [5.74, 6) is 0.356. The molecule has 0 spiro atoms. The molecule has 2 aromatic carbocycles. The first-order chi connectivity index (χ1) is 14.5. The Labute approximate surface area is 179 Å². The van der Waals surface area contributed by atoms with Crippen LogP contribution in [0.25, 0.3) is 23.1 Å². The minimum Gasteiger partial charge on any atom is -0.330 e. The Hall–Kier alpha value is -3.24. The fraction of sp³-hybridized carbons (Fsp3) is 0.105. The van der Waals surface area contributed by atoms with Crippen molar-refractivity contribution in [2.45, 2.75) is 5.16 Å². The van der Waals surface area contributed by atoms with Crippen LogP contribution in [0.3, 0.4) is 0 Å². The van der Waals surface area contributed by atoms with Crippen molar-refractivity contribution in [1.29, 1.82) is 0 Å². The quantitative estimate of drug-likeness (QED) is 0.448. The van der Waals surface area contributed by atoms with Crippen LogP contribution in [-0.4, -0.2) is 36.6 Å². The van der Waals surface area contributed by atoms with E-state index in [1.54, 1.807) is 48.0 Å². The maximum absolute atomic E-state index is 13.1. The molecule has 4 aromatic rings. The lowest BCUT2D eigenvalue weighted by molar-refractivity contribution is -0.113. The van der Waals surface area contributed by atoms with E-state index >= 15 is 0 Å². The van der Waals surface area contributed by atoms with Gasteiger partial charge in [0.15, 0.2) is 5.16 Å². The average Bonchev–Trinajstić information content (AvgIpc) is 3.35. The van der Waals surface area contributed by atoms with Crippen LogP contribution in [0.15, 0.2) is 58.2 Å². The van der Waals surface area contributed by atoms with E-state index in [2.05, 4.69) is 25.7 Å². The second-order valence-corrected chi connectivity index (χ2v) is 7.46. The molecule has 1 N–H and O–H groups in total. The summed E-state index contributed by atoms with van der Waals surface area (Å²) in [6.45, 7) is 0. The number of nitrogens with zero attached hydrogens (tertiary/aromatic N) is 5. The molecule has 4 rings (SSSR count). The van der Waals surface area contributed by atoms with Gasteiger partial charge in [-0.05, 0) is 36.4 Å².